The Morgan fingerprint density at radius 2 is 1.80 bits per heavy atom. The molecule has 0 aliphatic heterocycles. The van der Waals surface area contributed by atoms with Crippen molar-refractivity contribution in [3.05, 3.63) is 47.0 Å². The van der Waals surface area contributed by atoms with Gasteiger partial charge in [0.25, 0.3) is 0 Å². The Balaban J connectivity index is 2.87. The summed E-state index contributed by atoms with van der Waals surface area (Å²) in [6.45, 7) is 7.96. The minimum atomic E-state index is -0.462. The highest BCUT2D eigenvalue weighted by atomic mass is 79.9. The van der Waals surface area contributed by atoms with Gasteiger partial charge in [0.2, 0.25) is 0 Å². The van der Waals surface area contributed by atoms with E-state index in [2.05, 4.69) is 36.4 Å². The molecule has 82 valence electrons. The van der Waals surface area contributed by atoms with Crippen LogP contribution in [0, 0.1) is 11.8 Å². The maximum atomic E-state index is 10.2. The Bertz CT molecular complexity index is 316. The highest BCUT2D eigenvalue weighted by Crippen LogP contribution is 2.29. The number of halogens is 1. The van der Waals surface area contributed by atoms with Crippen LogP contribution in [0.15, 0.2) is 41.4 Å². The van der Waals surface area contributed by atoms with Gasteiger partial charge in [0.05, 0.1) is 6.10 Å². The van der Waals surface area contributed by atoms with E-state index >= 15 is 0 Å². The molecule has 0 bridgehead atoms. The first-order valence-corrected chi connectivity index (χ1v) is 5.91. The summed E-state index contributed by atoms with van der Waals surface area (Å²) in [5.41, 5.74) is 0.941. The summed E-state index contributed by atoms with van der Waals surface area (Å²) in [5, 5.41) is 10.2. The zero-order valence-electron chi connectivity index (χ0n) is 9.15. The summed E-state index contributed by atoms with van der Waals surface area (Å²) in [4.78, 5) is 0. The van der Waals surface area contributed by atoms with E-state index in [4.69, 9.17) is 0 Å². The molecule has 0 spiro atoms. The normalized spacial score (nSPS) is 15.0. The summed E-state index contributed by atoms with van der Waals surface area (Å²) in [6, 6.07) is 7.76. The molecule has 0 saturated carbocycles. The molecule has 1 N–H and O–H groups in total. The lowest BCUT2D eigenvalue weighted by atomic mass is 9.87. The lowest BCUT2D eigenvalue weighted by Gasteiger charge is -2.23. The van der Waals surface area contributed by atoms with Crippen molar-refractivity contribution in [3.8, 4) is 0 Å². The van der Waals surface area contributed by atoms with Crippen LogP contribution in [0.4, 0.5) is 0 Å². The molecule has 2 atom stereocenters. The number of benzene rings is 1. The molecule has 2 heteroatoms. The molecule has 0 amide bonds. The van der Waals surface area contributed by atoms with E-state index in [0.717, 1.165) is 10.0 Å². The summed E-state index contributed by atoms with van der Waals surface area (Å²) in [5.74, 6) is 0.493. The standard InChI is InChI=1S/C13H17BrO/c1-4-12(9(2)3)13(15)10-5-7-11(14)8-6-10/h4-9,12-13,15H,1H2,2-3H3/t12-,13-/m1/s1. The monoisotopic (exact) mass is 268 g/mol. The highest BCUT2D eigenvalue weighted by molar-refractivity contribution is 9.10. The minimum Gasteiger partial charge on any atom is -0.388 e. The molecule has 0 aliphatic rings. The number of hydrogen-bond acceptors (Lipinski definition) is 1. The zero-order valence-corrected chi connectivity index (χ0v) is 10.7. The lowest BCUT2D eigenvalue weighted by Crippen LogP contribution is -2.15. The molecule has 1 aromatic carbocycles. The van der Waals surface area contributed by atoms with Crippen molar-refractivity contribution in [2.75, 3.05) is 0 Å². The second-order valence-corrected chi connectivity index (χ2v) is 4.97. The first-order chi connectivity index (χ1) is 7.06. The quantitative estimate of drug-likeness (QED) is 0.821. The molecule has 1 nitrogen and oxygen atoms in total. The zero-order chi connectivity index (χ0) is 11.4. The Labute approximate surface area is 100.0 Å². The number of hydrogen-bond donors (Lipinski definition) is 1. The van der Waals surface area contributed by atoms with E-state index in [0.29, 0.717) is 5.92 Å². The van der Waals surface area contributed by atoms with Crippen LogP contribution in [0.5, 0.6) is 0 Å². The average molecular weight is 269 g/mol. The smallest absolute Gasteiger partial charge is 0.0854 e. The van der Waals surface area contributed by atoms with Crippen molar-refractivity contribution in [1.29, 1.82) is 0 Å². The predicted molar refractivity (Wildman–Crippen MR) is 67.6 cm³/mol. The van der Waals surface area contributed by atoms with Gasteiger partial charge >= 0.3 is 0 Å². The molecule has 0 saturated heterocycles. The third-order valence-corrected chi connectivity index (χ3v) is 3.15. The van der Waals surface area contributed by atoms with Crippen molar-refractivity contribution in [2.24, 2.45) is 11.8 Å². The third kappa shape index (κ3) is 3.18. The van der Waals surface area contributed by atoms with Crippen molar-refractivity contribution < 1.29 is 5.11 Å². The lowest BCUT2D eigenvalue weighted by molar-refractivity contribution is 0.108. The van der Waals surface area contributed by atoms with Crippen LogP contribution in [-0.2, 0) is 0 Å². The average Bonchev–Trinajstić information content (AvgIpc) is 2.19. The number of rotatable bonds is 4. The molecule has 15 heavy (non-hydrogen) atoms. The van der Waals surface area contributed by atoms with E-state index in [1.54, 1.807) is 0 Å². The van der Waals surface area contributed by atoms with Crippen LogP contribution in [-0.4, -0.2) is 5.11 Å². The molecule has 0 radical (unpaired) electrons. The largest absolute Gasteiger partial charge is 0.388 e. The molecule has 0 aliphatic carbocycles. The molecule has 1 rings (SSSR count). The SMILES string of the molecule is C=C[C@H](C(C)C)[C@H](O)c1ccc(Br)cc1. The van der Waals surface area contributed by atoms with E-state index in [9.17, 15) is 5.11 Å². The molecule has 0 aromatic heterocycles. The Morgan fingerprint density at radius 3 is 2.20 bits per heavy atom. The van der Waals surface area contributed by atoms with Gasteiger partial charge in [0.15, 0.2) is 0 Å². The molecule has 1 aromatic rings. The van der Waals surface area contributed by atoms with Crippen LogP contribution < -0.4 is 0 Å². The summed E-state index contributed by atoms with van der Waals surface area (Å²) in [7, 11) is 0. The van der Waals surface area contributed by atoms with Crippen molar-refractivity contribution in [1.82, 2.24) is 0 Å². The third-order valence-electron chi connectivity index (χ3n) is 2.62. The maximum Gasteiger partial charge on any atom is 0.0854 e. The van der Waals surface area contributed by atoms with Gasteiger partial charge in [0, 0.05) is 10.4 Å². The predicted octanol–water partition coefficient (Wildman–Crippen LogP) is 3.94. The van der Waals surface area contributed by atoms with Gasteiger partial charge in [-0.3, -0.25) is 0 Å². The van der Waals surface area contributed by atoms with Crippen LogP contribution in [0.25, 0.3) is 0 Å². The van der Waals surface area contributed by atoms with E-state index in [1.807, 2.05) is 30.3 Å². The summed E-state index contributed by atoms with van der Waals surface area (Å²) in [6.07, 6.45) is 1.37. The van der Waals surface area contributed by atoms with Crippen molar-refractivity contribution in [3.63, 3.8) is 0 Å². The number of aliphatic hydroxyl groups excluding tert-OH is 1. The van der Waals surface area contributed by atoms with Crippen LogP contribution in [0.2, 0.25) is 0 Å². The van der Waals surface area contributed by atoms with Gasteiger partial charge < -0.3 is 5.11 Å². The van der Waals surface area contributed by atoms with E-state index in [-0.39, 0.29) is 5.92 Å². The number of aliphatic hydroxyl groups is 1. The fourth-order valence-electron chi connectivity index (χ4n) is 1.65. The maximum absolute atomic E-state index is 10.2. The Morgan fingerprint density at radius 1 is 1.27 bits per heavy atom. The fraction of sp³-hybridized carbons (Fsp3) is 0.385. The van der Waals surface area contributed by atoms with Crippen molar-refractivity contribution in [2.45, 2.75) is 20.0 Å². The van der Waals surface area contributed by atoms with Gasteiger partial charge in [0.1, 0.15) is 0 Å². The van der Waals surface area contributed by atoms with Crippen molar-refractivity contribution >= 4 is 15.9 Å². The van der Waals surface area contributed by atoms with Gasteiger partial charge in [-0.25, -0.2) is 0 Å². The Hall–Kier alpha value is -0.600. The highest BCUT2D eigenvalue weighted by Gasteiger charge is 2.20. The first kappa shape index (κ1) is 12.5. The van der Waals surface area contributed by atoms with Gasteiger partial charge in [-0.05, 0) is 23.6 Å². The second kappa shape index (κ2) is 5.47. The summed E-state index contributed by atoms with van der Waals surface area (Å²) < 4.78 is 1.03. The van der Waals surface area contributed by atoms with Crippen LogP contribution in [0.3, 0.4) is 0 Å². The summed E-state index contributed by atoms with van der Waals surface area (Å²) >= 11 is 3.38. The van der Waals surface area contributed by atoms with Gasteiger partial charge in [-0.1, -0.05) is 48.0 Å². The van der Waals surface area contributed by atoms with E-state index in [1.165, 1.54) is 0 Å². The first-order valence-electron chi connectivity index (χ1n) is 5.12. The molecule has 0 heterocycles. The van der Waals surface area contributed by atoms with Crippen LogP contribution >= 0.6 is 15.9 Å². The Kier molecular flexibility index (Phi) is 4.55. The minimum absolute atomic E-state index is 0.103. The van der Waals surface area contributed by atoms with Gasteiger partial charge in [-0.15, -0.1) is 6.58 Å². The molecule has 0 fully saturated rings. The molecular weight excluding hydrogens is 252 g/mol. The van der Waals surface area contributed by atoms with E-state index < -0.39 is 6.10 Å². The van der Waals surface area contributed by atoms with Gasteiger partial charge in [-0.2, -0.15) is 0 Å². The second-order valence-electron chi connectivity index (χ2n) is 4.05. The fourth-order valence-corrected chi connectivity index (χ4v) is 1.91. The molecule has 0 unspecified atom stereocenters. The topological polar surface area (TPSA) is 20.2 Å². The van der Waals surface area contributed by atoms with Crippen LogP contribution in [0.1, 0.15) is 25.5 Å². The molecular formula is C13H17BrO.